The highest BCUT2D eigenvalue weighted by Gasteiger charge is 2.36. The topological polar surface area (TPSA) is 42.6 Å². The Morgan fingerprint density at radius 3 is 2.44 bits per heavy atom. The Hall–Kier alpha value is -2.01. The summed E-state index contributed by atoms with van der Waals surface area (Å²) in [6.45, 7) is 7.11. The van der Waals surface area contributed by atoms with E-state index in [1.165, 1.54) is 0 Å². The third-order valence-corrected chi connectivity index (χ3v) is 5.76. The molecule has 1 heterocycles. The molecule has 137 valence electrons. The number of hydrogen-bond acceptors (Lipinski definition) is 3. The van der Waals surface area contributed by atoms with Gasteiger partial charge in [0.25, 0.3) is 0 Å². The highest BCUT2D eigenvalue weighted by Crippen LogP contribution is 2.35. The van der Waals surface area contributed by atoms with E-state index in [4.69, 9.17) is 20.7 Å². The van der Waals surface area contributed by atoms with Crippen LogP contribution in [0.5, 0.6) is 0 Å². The molecule has 0 fully saturated rings. The van der Waals surface area contributed by atoms with Crippen molar-refractivity contribution in [1.82, 2.24) is 0 Å². The standard InChI is InChI=1S/C22H21BClO3/c1-21(2,25)22(3,4)27-23-16-12-19-15(11-17(16)24)20-14-8-6-5-7-13(14)9-10-18(20)26-19/h5-12,25H,1-4H3. The maximum atomic E-state index is 10.3. The zero-order valence-electron chi connectivity index (χ0n) is 15.8. The minimum Gasteiger partial charge on any atom is -0.456 e. The Morgan fingerprint density at radius 2 is 1.70 bits per heavy atom. The van der Waals surface area contributed by atoms with Crippen molar-refractivity contribution in [2.75, 3.05) is 0 Å². The summed E-state index contributed by atoms with van der Waals surface area (Å²) in [5, 5.41) is 15.2. The Labute approximate surface area is 164 Å². The lowest BCUT2D eigenvalue weighted by Crippen LogP contribution is -2.49. The van der Waals surface area contributed by atoms with Crippen molar-refractivity contribution >= 4 is 57.3 Å². The molecule has 0 saturated heterocycles. The summed E-state index contributed by atoms with van der Waals surface area (Å²) in [5.74, 6) is 0. The van der Waals surface area contributed by atoms with Crippen LogP contribution in [0.1, 0.15) is 27.7 Å². The lowest BCUT2D eigenvalue weighted by molar-refractivity contribution is -0.0893. The maximum Gasteiger partial charge on any atom is 0.332 e. The zero-order valence-corrected chi connectivity index (χ0v) is 16.6. The van der Waals surface area contributed by atoms with Gasteiger partial charge in [0.2, 0.25) is 0 Å². The molecule has 0 spiro atoms. The Bertz CT molecular complexity index is 1160. The fourth-order valence-corrected chi connectivity index (χ4v) is 3.24. The molecule has 4 aromatic rings. The Balaban J connectivity index is 1.80. The number of aliphatic hydroxyl groups is 1. The van der Waals surface area contributed by atoms with Crippen LogP contribution in [-0.2, 0) is 4.65 Å². The van der Waals surface area contributed by atoms with Crippen molar-refractivity contribution in [2.24, 2.45) is 0 Å². The molecule has 0 aliphatic carbocycles. The lowest BCUT2D eigenvalue weighted by atomic mass is 9.82. The van der Waals surface area contributed by atoms with E-state index >= 15 is 0 Å². The normalized spacial score (nSPS) is 13.0. The molecular formula is C22H21BClO3. The summed E-state index contributed by atoms with van der Waals surface area (Å²) in [5.41, 5.74) is 0.523. The van der Waals surface area contributed by atoms with Gasteiger partial charge in [-0.3, -0.25) is 0 Å². The third kappa shape index (κ3) is 3.12. The smallest absolute Gasteiger partial charge is 0.332 e. The molecule has 0 aliphatic rings. The number of furan rings is 1. The number of hydrogen-bond donors (Lipinski definition) is 1. The van der Waals surface area contributed by atoms with Gasteiger partial charge < -0.3 is 14.2 Å². The summed E-state index contributed by atoms with van der Waals surface area (Å²) in [6.07, 6.45) is 0. The molecule has 0 unspecified atom stereocenters. The average Bonchev–Trinajstić information content (AvgIpc) is 2.96. The summed E-state index contributed by atoms with van der Waals surface area (Å²) in [7, 11) is 1.59. The predicted molar refractivity (Wildman–Crippen MR) is 113 cm³/mol. The van der Waals surface area contributed by atoms with Crippen LogP contribution in [0.3, 0.4) is 0 Å². The zero-order chi connectivity index (χ0) is 19.4. The van der Waals surface area contributed by atoms with Gasteiger partial charge in [-0.1, -0.05) is 41.9 Å². The molecular weight excluding hydrogens is 359 g/mol. The molecule has 0 bridgehead atoms. The molecule has 27 heavy (non-hydrogen) atoms. The minimum absolute atomic E-state index is 0.574. The van der Waals surface area contributed by atoms with Crippen LogP contribution in [0.4, 0.5) is 0 Å². The number of benzene rings is 3. The van der Waals surface area contributed by atoms with Gasteiger partial charge in [0.05, 0.1) is 11.2 Å². The molecule has 3 aromatic carbocycles. The first-order chi connectivity index (χ1) is 12.7. The van der Waals surface area contributed by atoms with Crippen LogP contribution in [-0.4, -0.2) is 23.8 Å². The van der Waals surface area contributed by atoms with E-state index in [0.717, 1.165) is 32.7 Å². The lowest BCUT2D eigenvalue weighted by Gasteiger charge is -2.37. The van der Waals surface area contributed by atoms with Crippen LogP contribution in [0.2, 0.25) is 5.02 Å². The van der Waals surface area contributed by atoms with Gasteiger partial charge in [-0.15, -0.1) is 0 Å². The number of rotatable bonds is 4. The Morgan fingerprint density at radius 1 is 0.963 bits per heavy atom. The maximum absolute atomic E-state index is 10.3. The first-order valence-corrected chi connectivity index (χ1v) is 9.32. The summed E-state index contributed by atoms with van der Waals surface area (Å²) in [4.78, 5) is 0. The van der Waals surface area contributed by atoms with Crippen LogP contribution < -0.4 is 5.46 Å². The van der Waals surface area contributed by atoms with Crippen LogP contribution in [0.25, 0.3) is 32.7 Å². The molecule has 0 aliphatic heterocycles. The highest BCUT2D eigenvalue weighted by molar-refractivity contribution is 6.54. The van der Waals surface area contributed by atoms with E-state index in [-0.39, 0.29) is 0 Å². The second kappa shape index (κ2) is 6.27. The fraction of sp³-hybridized carbons (Fsp3) is 0.273. The number of halogens is 1. The van der Waals surface area contributed by atoms with Gasteiger partial charge >= 0.3 is 7.48 Å². The fourth-order valence-electron chi connectivity index (χ4n) is 3.03. The Kier molecular flexibility index (Phi) is 4.26. The van der Waals surface area contributed by atoms with Gasteiger partial charge in [0.15, 0.2) is 0 Å². The van der Waals surface area contributed by atoms with E-state index < -0.39 is 11.2 Å². The molecule has 0 amide bonds. The van der Waals surface area contributed by atoms with Crippen molar-refractivity contribution in [3.05, 3.63) is 53.6 Å². The van der Waals surface area contributed by atoms with Crippen molar-refractivity contribution < 1.29 is 14.2 Å². The van der Waals surface area contributed by atoms with Gasteiger partial charge in [-0.25, -0.2) is 0 Å². The van der Waals surface area contributed by atoms with Gasteiger partial charge in [-0.05, 0) is 62.1 Å². The quantitative estimate of drug-likeness (QED) is 0.495. The summed E-state index contributed by atoms with van der Waals surface area (Å²) < 4.78 is 11.9. The predicted octanol–water partition coefficient (Wildman–Crippen LogP) is 5.20. The van der Waals surface area contributed by atoms with Crippen LogP contribution in [0, 0.1) is 0 Å². The molecule has 1 aromatic heterocycles. The third-order valence-electron chi connectivity index (χ3n) is 5.43. The molecule has 3 nitrogen and oxygen atoms in total. The van der Waals surface area contributed by atoms with E-state index in [1.54, 1.807) is 21.3 Å². The SMILES string of the molecule is CC(C)(O)C(C)(C)O[B]c1cc2oc3ccc4ccccc4c3c2cc1Cl. The van der Waals surface area contributed by atoms with Crippen molar-refractivity contribution in [1.29, 1.82) is 0 Å². The van der Waals surface area contributed by atoms with Crippen molar-refractivity contribution in [2.45, 2.75) is 38.9 Å². The monoisotopic (exact) mass is 379 g/mol. The molecule has 0 atom stereocenters. The molecule has 0 saturated carbocycles. The summed E-state index contributed by atoms with van der Waals surface area (Å²) in [6, 6.07) is 16.1. The van der Waals surface area contributed by atoms with Gasteiger partial charge in [-0.2, -0.15) is 0 Å². The van der Waals surface area contributed by atoms with Gasteiger partial charge in [0, 0.05) is 15.8 Å². The second-order valence-electron chi connectivity index (χ2n) is 7.94. The first-order valence-electron chi connectivity index (χ1n) is 8.94. The van der Waals surface area contributed by atoms with Crippen LogP contribution >= 0.6 is 11.6 Å². The molecule has 1 N–H and O–H groups in total. The van der Waals surface area contributed by atoms with Crippen molar-refractivity contribution in [3.63, 3.8) is 0 Å². The van der Waals surface area contributed by atoms with Crippen LogP contribution in [0.15, 0.2) is 52.9 Å². The highest BCUT2D eigenvalue weighted by atomic mass is 35.5. The minimum atomic E-state index is -1.00. The second-order valence-corrected chi connectivity index (χ2v) is 8.34. The van der Waals surface area contributed by atoms with E-state index in [0.29, 0.717) is 10.5 Å². The van der Waals surface area contributed by atoms with E-state index in [9.17, 15) is 5.11 Å². The van der Waals surface area contributed by atoms with Crippen molar-refractivity contribution in [3.8, 4) is 0 Å². The van der Waals surface area contributed by atoms with E-state index in [1.807, 2.05) is 44.2 Å². The first kappa shape index (κ1) is 18.4. The average molecular weight is 380 g/mol. The summed E-state index contributed by atoms with van der Waals surface area (Å²) >= 11 is 6.54. The molecule has 5 heteroatoms. The largest absolute Gasteiger partial charge is 0.456 e. The number of fused-ring (bicyclic) bond motifs is 5. The van der Waals surface area contributed by atoms with E-state index in [2.05, 4.69) is 18.2 Å². The molecule has 4 rings (SSSR count). The molecule has 1 radical (unpaired) electrons. The van der Waals surface area contributed by atoms with Gasteiger partial charge in [0.1, 0.15) is 11.2 Å².